The normalized spacial score (nSPS) is 17.8. The van der Waals surface area contributed by atoms with Crippen LogP contribution in [0.3, 0.4) is 0 Å². The first-order valence-electron chi connectivity index (χ1n) is 18.3. The van der Waals surface area contributed by atoms with Crippen molar-refractivity contribution in [1.82, 2.24) is 0 Å². The summed E-state index contributed by atoms with van der Waals surface area (Å²) in [5.41, 5.74) is -16.0. The highest BCUT2D eigenvalue weighted by molar-refractivity contribution is 6.40. The molecule has 2 aliphatic carbocycles. The van der Waals surface area contributed by atoms with Gasteiger partial charge in [-0.25, -0.2) is 70.2 Å². The van der Waals surface area contributed by atoms with Gasteiger partial charge in [-0.05, 0) is 24.3 Å². The molecule has 2 unspecified atom stereocenters. The van der Waals surface area contributed by atoms with Crippen molar-refractivity contribution in [3.63, 3.8) is 0 Å². The molecule has 9 rings (SSSR count). The average molecular weight is 942 g/mol. The van der Waals surface area contributed by atoms with Crippen LogP contribution in [-0.2, 0) is 11.3 Å². The van der Waals surface area contributed by atoms with E-state index in [0.717, 1.165) is 36.4 Å². The minimum atomic E-state index is -4.18. The van der Waals surface area contributed by atoms with E-state index in [0.29, 0.717) is 24.3 Å². The zero-order chi connectivity index (χ0) is 47.6. The molecular formula is C44H13BF18O3. The molecule has 0 spiro atoms. The van der Waals surface area contributed by atoms with Crippen molar-refractivity contribution in [2.45, 2.75) is 11.3 Å². The van der Waals surface area contributed by atoms with Gasteiger partial charge in [-0.15, -0.1) is 0 Å². The van der Waals surface area contributed by atoms with E-state index < -0.39 is 184 Å². The van der Waals surface area contributed by atoms with Gasteiger partial charge in [-0.1, -0.05) is 48.5 Å². The summed E-state index contributed by atoms with van der Waals surface area (Å²) in [6.45, 7) is 0. The van der Waals surface area contributed by atoms with Crippen LogP contribution in [-0.4, -0.2) is 7.32 Å². The predicted octanol–water partition coefficient (Wildman–Crippen LogP) is 13.9. The van der Waals surface area contributed by atoms with Gasteiger partial charge in [0.2, 0.25) is 23.0 Å². The van der Waals surface area contributed by atoms with E-state index in [1.165, 1.54) is 0 Å². The van der Waals surface area contributed by atoms with Crippen LogP contribution in [0.25, 0.3) is 33.2 Å². The van der Waals surface area contributed by atoms with Gasteiger partial charge in [0.05, 0.1) is 10.8 Å². The molecule has 7 aromatic rings. The van der Waals surface area contributed by atoms with Gasteiger partial charge in [-0.3, -0.25) is 0 Å². The van der Waals surface area contributed by atoms with E-state index in [1.54, 1.807) is 0 Å². The zero-order valence-electron chi connectivity index (χ0n) is 31.6. The molecule has 0 aromatic heterocycles. The lowest BCUT2D eigenvalue weighted by Gasteiger charge is -2.25. The van der Waals surface area contributed by atoms with Crippen molar-refractivity contribution in [2.75, 3.05) is 0 Å². The molecule has 66 heavy (non-hydrogen) atoms. The number of fused-ring (bicyclic) bond motifs is 4. The molecule has 0 radical (unpaired) electrons. The number of hydrogen-bond acceptors (Lipinski definition) is 3. The van der Waals surface area contributed by atoms with Crippen LogP contribution in [0.2, 0.25) is 0 Å². The molecule has 2 aliphatic rings. The van der Waals surface area contributed by atoms with Crippen molar-refractivity contribution in [3.05, 3.63) is 194 Å². The molecular weight excluding hydrogens is 929 g/mol. The Kier molecular flexibility index (Phi) is 10.1. The summed E-state index contributed by atoms with van der Waals surface area (Å²) < 4.78 is 296. The van der Waals surface area contributed by atoms with Gasteiger partial charge >= 0.3 is 7.32 Å². The Morgan fingerprint density at radius 2 is 0.773 bits per heavy atom. The molecule has 3 nitrogen and oxygen atoms in total. The monoisotopic (exact) mass is 942 g/mol. The minimum Gasteiger partial charge on any atom is -0.487 e. The number of alkyl halides is 2. The fourth-order valence-electron chi connectivity index (χ4n) is 7.81. The first-order valence-corrected chi connectivity index (χ1v) is 18.3. The van der Waals surface area contributed by atoms with Gasteiger partial charge in [-0.2, -0.15) is 8.78 Å². The summed E-state index contributed by atoms with van der Waals surface area (Å²) >= 11 is 0. The second-order valence-electron chi connectivity index (χ2n) is 14.4. The zero-order valence-corrected chi connectivity index (χ0v) is 31.6. The molecule has 0 saturated carbocycles. The topological polar surface area (TPSA) is 27.7 Å². The number of benzene rings is 7. The number of rotatable bonds is 8. The van der Waals surface area contributed by atoms with E-state index in [4.69, 9.17) is 14.0 Å². The maximum atomic E-state index is 16.9. The predicted molar refractivity (Wildman–Crippen MR) is 196 cm³/mol. The summed E-state index contributed by atoms with van der Waals surface area (Å²) in [7, 11) is -3.49. The van der Waals surface area contributed by atoms with E-state index in [2.05, 4.69) is 0 Å². The second kappa shape index (κ2) is 15.2. The summed E-state index contributed by atoms with van der Waals surface area (Å²) in [5.74, 6) is -43.9. The van der Waals surface area contributed by atoms with Crippen LogP contribution in [0.1, 0.15) is 33.4 Å². The third-order valence-corrected chi connectivity index (χ3v) is 10.9. The Labute approximate surface area is 355 Å². The molecule has 2 atom stereocenters. The molecule has 0 bridgehead atoms. The summed E-state index contributed by atoms with van der Waals surface area (Å²) in [6.07, 6.45) is 0. The molecule has 7 aromatic carbocycles. The highest BCUT2D eigenvalue weighted by Crippen LogP contribution is 2.56. The molecule has 0 aliphatic heterocycles. The van der Waals surface area contributed by atoms with Crippen LogP contribution in [0.15, 0.2) is 90.5 Å². The van der Waals surface area contributed by atoms with E-state index in [9.17, 15) is 4.39 Å². The summed E-state index contributed by atoms with van der Waals surface area (Å²) in [6, 6.07) is 7.68. The van der Waals surface area contributed by atoms with Crippen LogP contribution >= 0.6 is 0 Å². The fraction of sp³-hybridized carbons (Fsp3) is 0.0455. The quantitative estimate of drug-likeness (QED) is 0.0863. The number of allylic oxidation sites excluding steroid dienone is 2. The van der Waals surface area contributed by atoms with E-state index >= 15 is 74.6 Å². The Bertz CT molecular complexity index is 3180. The molecule has 0 N–H and O–H groups in total. The standard InChI is InChI=1S/C44H13BF18O3/c46-14-9-10-23(47)24(11-14)64-45(65-39-17-12-21(29(50)31(52)25(17)33(54)35(56)37(39)58)43(62)19-7-3-1-5-15(19)27(48)41(43)60)66-40-18-13-22(30(51)32(53)26(18)34(55)36(57)38(40)59)44(63)20-8-4-2-6-16(20)28(49)42(44)61/h1-13H. The minimum absolute atomic E-state index is 0.122. The SMILES string of the molecule is FC1=C(F)C(F)(c2cc3c(OB(Oc4cc(F)ccc4F)Oc4c(F)c(F)c(F)c5c(F)c(F)c(C6(F)C(F)=C(F)c7ccccc76)cc45)c(F)c(F)c(F)c3c(F)c2F)c2ccccc21. The summed E-state index contributed by atoms with van der Waals surface area (Å²) in [5, 5.41) is -7.39. The highest BCUT2D eigenvalue weighted by atomic mass is 19.2. The van der Waals surface area contributed by atoms with Crippen molar-refractivity contribution in [3.8, 4) is 17.2 Å². The van der Waals surface area contributed by atoms with Gasteiger partial charge in [0.1, 0.15) is 11.6 Å². The van der Waals surface area contributed by atoms with Crippen molar-refractivity contribution >= 4 is 40.5 Å². The maximum absolute atomic E-state index is 16.9. The Morgan fingerprint density at radius 3 is 1.20 bits per heavy atom. The molecule has 0 saturated heterocycles. The van der Waals surface area contributed by atoms with Crippen molar-refractivity contribution in [1.29, 1.82) is 0 Å². The van der Waals surface area contributed by atoms with Gasteiger partial charge in [0, 0.05) is 50.2 Å². The van der Waals surface area contributed by atoms with Gasteiger partial charge < -0.3 is 14.0 Å². The second-order valence-corrected chi connectivity index (χ2v) is 14.4. The smallest absolute Gasteiger partial charge is 0.487 e. The van der Waals surface area contributed by atoms with Crippen molar-refractivity contribution in [2.24, 2.45) is 0 Å². The maximum Gasteiger partial charge on any atom is 0.864 e. The Balaban J connectivity index is 1.29. The highest BCUT2D eigenvalue weighted by Gasteiger charge is 2.53. The molecule has 0 heterocycles. The third kappa shape index (κ3) is 5.98. The average Bonchev–Trinajstić information content (AvgIpc) is 3.62. The Morgan fingerprint density at radius 1 is 0.379 bits per heavy atom. The molecule has 0 amide bonds. The summed E-state index contributed by atoms with van der Waals surface area (Å²) in [4.78, 5) is 0. The lowest BCUT2D eigenvalue weighted by molar-refractivity contribution is 0.224. The largest absolute Gasteiger partial charge is 0.864 e. The first-order chi connectivity index (χ1) is 31.2. The van der Waals surface area contributed by atoms with Crippen LogP contribution in [0.5, 0.6) is 17.2 Å². The molecule has 0 fully saturated rings. The molecule has 336 valence electrons. The number of halogens is 18. The number of hydrogen-bond donors (Lipinski definition) is 0. The lowest BCUT2D eigenvalue weighted by atomic mass is 9.87. The molecule has 22 heteroatoms. The lowest BCUT2D eigenvalue weighted by Crippen LogP contribution is -2.38. The van der Waals surface area contributed by atoms with E-state index in [1.807, 2.05) is 0 Å². The first kappa shape index (κ1) is 44.0. The van der Waals surface area contributed by atoms with Crippen LogP contribution < -0.4 is 14.0 Å². The van der Waals surface area contributed by atoms with Crippen LogP contribution in [0, 0.1) is 69.8 Å². The van der Waals surface area contributed by atoms with E-state index in [-0.39, 0.29) is 18.2 Å². The van der Waals surface area contributed by atoms with Crippen molar-refractivity contribution < 1.29 is 93.0 Å². The van der Waals surface area contributed by atoms with Crippen LogP contribution in [0.4, 0.5) is 79.0 Å². The van der Waals surface area contributed by atoms with Gasteiger partial charge in [0.15, 0.2) is 87.2 Å². The third-order valence-electron chi connectivity index (χ3n) is 10.9. The Hall–Kier alpha value is -7.26. The van der Waals surface area contributed by atoms with Gasteiger partial charge in [0.25, 0.3) is 0 Å². The fourth-order valence-corrected chi connectivity index (χ4v) is 7.81.